The fourth-order valence-electron chi connectivity index (χ4n) is 1.81. The minimum absolute atomic E-state index is 0.0516. The molecule has 0 aliphatic rings. The molecule has 0 fully saturated rings. The maximum absolute atomic E-state index is 12.3. The maximum atomic E-state index is 12.3. The van der Waals surface area contributed by atoms with Crippen molar-refractivity contribution in [3.05, 3.63) is 22.3 Å². The Morgan fingerprint density at radius 1 is 1.50 bits per heavy atom. The fourth-order valence-corrected chi connectivity index (χ4v) is 2.03. The molecule has 1 heterocycles. The summed E-state index contributed by atoms with van der Waals surface area (Å²) >= 11 is 3.38. The third kappa shape index (κ3) is 3.09. The first-order valence-corrected chi connectivity index (χ1v) is 6.92. The van der Waals surface area contributed by atoms with Crippen molar-refractivity contribution in [2.75, 3.05) is 11.9 Å². The van der Waals surface area contributed by atoms with E-state index in [4.69, 9.17) is 5.73 Å². The van der Waals surface area contributed by atoms with E-state index in [1.807, 2.05) is 26.8 Å². The van der Waals surface area contributed by atoms with Crippen molar-refractivity contribution in [1.82, 2.24) is 4.98 Å². The molecule has 0 bridgehead atoms. The van der Waals surface area contributed by atoms with Crippen LogP contribution in [0.2, 0.25) is 0 Å². The number of nitrogens with two attached hydrogens (primary N) is 1. The first kappa shape index (κ1) is 15.1. The molecule has 5 heteroatoms. The molecule has 4 nitrogen and oxygen atoms in total. The van der Waals surface area contributed by atoms with Crippen LogP contribution in [-0.4, -0.2) is 17.4 Å². The number of hydrogen-bond acceptors (Lipinski definition) is 3. The molecule has 18 heavy (non-hydrogen) atoms. The van der Waals surface area contributed by atoms with E-state index in [1.54, 1.807) is 6.20 Å². The van der Waals surface area contributed by atoms with Crippen molar-refractivity contribution in [3.8, 4) is 0 Å². The first-order chi connectivity index (χ1) is 8.49. The van der Waals surface area contributed by atoms with Gasteiger partial charge in [0.05, 0.1) is 5.41 Å². The van der Waals surface area contributed by atoms with Gasteiger partial charge in [0.2, 0.25) is 5.91 Å². The molecule has 0 saturated heterocycles. The number of aromatic nitrogens is 1. The van der Waals surface area contributed by atoms with E-state index in [1.165, 1.54) is 0 Å². The van der Waals surface area contributed by atoms with Gasteiger partial charge in [0, 0.05) is 17.2 Å². The summed E-state index contributed by atoms with van der Waals surface area (Å²) in [6, 6.07) is 1.84. The van der Waals surface area contributed by atoms with E-state index in [0.717, 1.165) is 22.9 Å². The highest BCUT2D eigenvalue weighted by Crippen LogP contribution is 2.27. The number of nitrogens with zero attached hydrogens (tertiary/aromatic N) is 1. The van der Waals surface area contributed by atoms with E-state index >= 15 is 0 Å². The number of hydrogen-bond donors (Lipinski definition) is 2. The van der Waals surface area contributed by atoms with Gasteiger partial charge in [-0.3, -0.25) is 4.79 Å². The van der Waals surface area contributed by atoms with Crippen molar-refractivity contribution in [2.24, 2.45) is 11.1 Å². The summed E-state index contributed by atoms with van der Waals surface area (Å²) in [6.07, 6.45) is 3.13. The molecule has 100 valence electrons. The smallest absolute Gasteiger partial charge is 0.233 e. The minimum Gasteiger partial charge on any atom is -0.329 e. The summed E-state index contributed by atoms with van der Waals surface area (Å²) in [5, 5.41) is 2.85. The zero-order chi connectivity index (χ0) is 13.8. The Labute approximate surface area is 116 Å². The molecule has 0 aliphatic heterocycles. The lowest BCUT2D eigenvalue weighted by Crippen LogP contribution is -2.41. The lowest BCUT2D eigenvalue weighted by atomic mass is 9.81. The number of carbonyl (C=O) groups excluding carboxylic acids is 1. The molecule has 1 aromatic rings. The molecular weight excluding hydrogens is 294 g/mol. The van der Waals surface area contributed by atoms with Gasteiger partial charge in [0.1, 0.15) is 5.82 Å². The molecule has 3 N–H and O–H groups in total. The SMILES string of the molecule is CCC(CC)(CN)C(=O)Nc1cc(C)c(Br)cn1. The van der Waals surface area contributed by atoms with E-state index < -0.39 is 5.41 Å². The topological polar surface area (TPSA) is 68.0 Å². The quantitative estimate of drug-likeness (QED) is 0.878. The van der Waals surface area contributed by atoms with E-state index in [2.05, 4.69) is 26.2 Å². The third-order valence-electron chi connectivity index (χ3n) is 3.51. The van der Waals surface area contributed by atoms with Gasteiger partial charge >= 0.3 is 0 Å². The molecule has 0 spiro atoms. The minimum atomic E-state index is -0.497. The van der Waals surface area contributed by atoms with Gasteiger partial charge in [-0.05, 0) is 47.3 Å². The van der Waals surface area contributed by atoms with Gasteiger partial charge in [-0.1, -0.05) is 13.8 Å². The van der Waals surface area contributed by atoms with E-state index in [0.29, 0.717) is 12.4 Å². The number of carbonyl (C=O) groups is 1. The van der Waals surface area contributed by atoms with Crippen LogP contribution in [0.15, 0.2) is 16.7 Å². The Bertz CT molecular complexity index is 422. The van der Waals surface area contributed by atoms with Crippen LogP contribution < -0.4 is 11.1 Å². The average molecular weight is 314 g/mol. The van der Waals surface area contributed by atoms with Crippen LogP contribution in [0.5, 0.6) is 0 Å². The summed E-state index contributed by atoms with van der Waals surface area (Å²) in [6.45, 7) is 6.27. The van der Waals surface area contributed by atoms with Crippen LogP contribution in [0.4, 0.5) is 5.82 Å². The van der Waals surface area contributed by atoms with Gasteiger partial charge in [0.15, 0.2) is 0 Å². The Morgan fingerprint density at radius 3 is 2.56 bits per heavy atom. The second-order valence-corrected chi connectivity index (χ2v) is 5.32. The molecule has 0 aliphatic carbocycles. The molecule has 0 aromatic carbocycles. The summed E-state index contributed by atoms with van der Waals surface area (Å²) in [7, 11) is 0. The zero-order valence-corrected chi connectivity index (χ0v) is 12.7. The van der Waals surface area contributed by atoms with Crippen molar-refractivity contribution in [3.63, 3.8) is 0 Å². The largest absolute Gasteiger partial charge is 0.329 e. The molecule has 1 amide bonds. The summed E-state index contributed by atoms with van der Waals surface area (Å²) in [4.78, 5) is 16.5. The van der Waals surface area contributed by atoms with Gasteiger partial charge in [-0.2, -0.15) is 0 Å². The second-order valence-electron chi connectivity index (χ2n) is 4.46. The number of nitrogens with one attached hydrogen (secondary N) is 1. The average Bonchev–Trinajstić information content (AvgIpc) is 2.37. The predicted molar refractivity (Wildman–Crippen MR) is 77.4 cm³/mol. The molecule has 0 atom stereocenters. The Balaban J connectivity index is 2.89. The van der Waals surface area contributed by atoms with Crippen LogP contribution in [0, 0.1) is 12.3 Å². The first-order valence-electron chi connectivity index (χ1n) is 6.12. The third-order valence-corrected chi connectivity index (χ3v) is 4.34. The number of amides is 1. The normalized spacial score (nSPS) is 11.4. The van der Waals surface area contributed by atoms with Crippen molar-refractivity contribution in [2.45, 2.75) is 33.6 Å². The van der Waals surface area contributed by atoms with Crippen LogP contribution in [0.3, 0.4) is 0 Å². The highest BCUT2D eigenvalue weighted by atomic mass is 79.9. The van der Waals surface area contributed by atoms with Crippen LogP contribution in [0.1, 0.15) is 32.3 Å². The Kier molecular flexibility index (Phi) is 5.28. The molecule has 1 rings (SSSR count). The second kappa shape index (κ2) is 6.29. The van der Waals surface area contributed by atoms with Crippen LogP contribution in [-0.2, 0) is 4.79 Å². The molecule has 1 aromatic heterocycles. The van der Waals surface area contributed by atoms with Crippen molar-refractivity contribution < 1.29 is 4.79 Å². The Hall–Kier alpha value is -0.940. The monoisotopic (exact) mass is 313 g/mol. The summed E-state index contributed by atoms with van der Waals surface area (Å²) < 4.78 is 0.927. The standard InChI is InChI=1S/C13H20BrN3O/c1-4-13(5-2,8-15)12(18)17-11-6-9(3)10(14)7-16-11/h6-7H,4-5,8,15H2,1-3H3,(H,16,17,18). The number of halogens is 1. The number of aryl methyl sites for hydroxylation is 1. The molecule has 0 saturated carbocycles. The van der Waals surface area contributed by atoms with Crippen LogP contribution in [0.25, 0.3) is 0 Å². The van der Waals surface area contributed by atoms with Gasteiger partial charge in [-0.15, -0.1) is 0 Å². The summed E-state index contributed by atoms with van der Waals surface area (Å²) in [5.41, 5.74) is 6.29. The number of rotatable bonds is 5. The Morgan fingerprint density at radius 2 is 2.11 bits per heavy atom. The van der Waals surface area contributed by atoms with E-state index in [-0.39, 0.29) is 5.91 Å². The lowest BCUT2D eigenvalue weighted by molar-refractivity contribution is -0.125. The lowest BCUT2D eigenvalue weighted by Gasteiger charge is -2.28. The molecule has 0 radical (unpaired) electrons. The van der Waals surface area contributed by atoms with E-state index in [9.17, 15) is 4.79 Å². The number of pyridine rings is 1. The maximum Gasteiger partial charge on any atom is 0.233 e. The van der Waals surface area contributed by atoms with Gasteiger partial charge in [-0.25, -0.2) is 4.98 Å². The van der Waals surface area contributed by atoms with Crippen molar-refractivity contribution in [1.29, 1.82) is 0 Å². The van der Waals surface area contributed by atoms with Gasteiger partial charge < -0.3 is 11.1 Å². The van der Waals surface area contributed by atoms with Gasteiger partial charge in [0.25, 0.3) is 0 Å². The number of anilines is 1. The zero-order valence-electron chi connectivity index (χ0n) is 11.1. The summed E-state index contributed by atoms with van der Waals surface area (Å²) in [5.74, 6) is 0.518. The van der Waals surface area contributed by atoms with Crippen molar-refractivity contribution >= 4 is 27.7 Å². The molecular formula is C13H20BrN3O. The predicted octanol–water partition coefficient (Wildman–Crippen LogP) is 2.86. The fraction of sp³-hybridized carbons (Fsp3) is 0.538. The highest BCUT2D eigenvalue weighted by Gasteiger charge is 2.33. The highest BCUT2D eigenvalue weighted by molar-refractivity contribution is 9.10. The van der Waals surface area contributed by atoms with Crippen LogP contribution >= 0.6 is 15.9 Å². The molecule has 0 unspecified atom stereocenters.